The van der Waals surface area contributed by atoms with Gasteiger partial charge in [-0.25, -0.2) is 4.98 Å². The summed E-state index contributed by atoms with van der Waals surface area (Å²) in [5, 5.41) is 5.85. The number of pyridine rings is 1. The van der Waals surface area contributed by atoms with Crippen molar-refractivity contribution in [3.63, 3.8) is 0 Å². The highest BCUT2D eigenvalue weighted by atomic mass is 32.2. The van der Waals surface area contributed by atoms with E-state index >= 15 is 0 Å². The molecule has 0 unspecified atom stereocenters. The Hall–Kier alpha value is -3.46. The van der Waals surface area contributed by atoms with Crippen LogP contribution in [0.3, 0.4) is 0 Å². The van der Waals surface area contributed by atoms with Crippen molar-refractivity contribution in [3.05, 3.63) is 76.5 Å². The molecule has 0 fully saturated rings. The van der Waals surface area contributed by atoms with Crippen LogP contribution in [0.25, 0.3) is 11.4 Å². The minimum Gasteiger partial charge on any atom is -0.347 e. The summed E-state index contributed by atoms with van der Waals surface area (Å²) in [6.45, 7) is 0. The first-order chi connectivity index (χ1) is 15.5. The maximum absolute atomic E-state index is 13.3. The van der Waals surface area contributed by atoms with Crippen LogP contribution in [0.1, 0.15) is 36.1 Å². The van der Waals surface area contributed by atoms with E-state index in [0.29, 0.717) is 29.2 Å². The average molecular weight is 450 g/mol. The van der Waals surface area contributed by atoms with Crippen LogP contribution < -0.4 is 16.2 Å². The van der Waals surface area contributed by atoms with Gasteiger partial charge in [-0.15, -0.1) is 0 Å². The second-order valence-corrected chi connectivity index (χ2v) is 8.48. The van der Waals surface area contributed by atoms with Crippen molar-refractivity contribution >= 4 is 29.3 Å². The smallest absolute Gasteiger partial charge is 0.251 e. The number of thioether (sulfide) groups is 1. The summed E-state index contributed by atoms with van der Waals surface area (Å²) in [4.78, 5) is 49.2. The molecule has 2 aromatic heterocycles. The average Bonchev–Trinajstić information content (AvgIpc) is 2.81. The van der Waals surface area contributed by atoms with Crippen molar-refractivity contribution in [2.45, 2.75) is 24.8 Å². The van der Waals surface area contributed by atoms with Crippen LogP contribution in [0.15, 0.2) is 59.7 Å². The fourth-order valence-electron chi connectivity index (χ4n) is 3.74. The molecule has 1 aliphatic heterocycles. The summed E-state index contributed by atoms with van der Waals surface area (Å²) >= 11 is 1.64. The molecule has 32 heavy (non-hydrogen) atoms. The van der Waals surface area contributed by atoms with Crippen LogP contribution >= 0.6 is 11.8 Å². The number of nitrogens with one attached hydrogen (secondary N) is 3. The molecule has 3 heterocycles. The summed E-state index contributed by atoms with van der Waals surface area (Å²) < 4.78 is 0. The molecule has 0 saturated heterocycles. The van der Waals surface area contributed by atoms with Crippen molar-refractivity contribution in [1.82, 2.24) is 20.3 Å². The number of aromatic amines is 1. The summed E-state index contributed by atoms with van der Waals surface area (Å²) in [6, 6.07) is 11.8. The second kappa shape index (κ2) is 9.78. The number of aromatic nitrogens is 3. The number of anilines is 1. The van der Waals surface area contributed by atoms with Crippen LogP contribution in [0, 0.1) is 0 Å². The lowest BCUT2D eigenvalue weighted by molar-refractivity contribution is -0.127. The number of hydrogen-bond acceptors (Lipinski definition) is 6. The Balaban J connectivity index is 1.64. The highest BCUT2D eigenvalue weighted by Crippen LogP contribution is 2.33. The number of rotatable bonds is 7. The van der Waals surface area contributed by atoms with Gasteiger partial charge in [-0.1, -0.05) is 18.2 Å². The van der Waals surface area contributed by atoms with Gasteiger partial charge in [0.05, 0.1) is 17.7 Å². The van der Waals surface area contributed by atoms with E-state index in [1.165, 1.54) is 6.07 Å². The van der Waals surface area contributed by atoms with Gasteiger partial charge in [-0.2, -0.15) is 11.8 Å². The molecule has 164 valence electrons. The van der Waals surface area contributed by atoms with Crippen LogP contribution in [-0.4, -0.2) is 38.8 Å². The third-order valence-corrected chi connectivity index (χ3v) is 5.94. The van der Waals surface area contributed by atoms with Crippen LogP contribution in [0.4, 0.5) is 5.69 Å². The fourth-order valence-corrected chi connectivity index (χ4v) is 4.21. The topological polar surface area (TPSA) is 117 Å². The van der Waals surface area contributed by atoms with Crippen molar-refractivity contribution in [2.75, 3.05) is 17.3 Å². The number of para-hydroxylation sites is 1. The number of hydrogen-bond donors (Lipinski definition) is 3. The first-order valence-corrected chi connectivity index (χ1v) is 11.6. The number of fused-ring (bicyclic) bond motifs is 1. The molecule has 2 amide bonds. The summed E-state index contributed by atoms with van der Waals surface area (Å²) in [5.41, 5.74) is 2.28. The van der Waals surface area contributed by atoms with Gasteiger partial charge in [0.25, 0.3) is 5.56 Å². The number of benzene rings is 1. The van der Waals surface area contributed by atoms with Gasteiger partial charge >= 0.3 is 0 Å². The maximum Gasteiger partial charge on any atom is 0.251 e. The molecule has 0 spiro atoms. The zero-order chi connectivity index (χ0) is 22.5. The predicted molar refractivity (Wildman–Crippen MR) is 124 cm³/mol. The Morgan fingerprint density at radius 3 is 2.88 bits per heavy atom. The van der Waals surface area contributed by atoms with Gasteiger partial charge in [0, 0.05) is 36.1 Å². The minimum atomic E-state index is -0.600. The number of H-pyrrole nitrogens is 1. The highest BCUT2D eigenvalue weighted by molar-refractivity contribution is 7.98. The number of amides is 2. The van der Waals surface area contributed by atoms with E-state index in [-0.39, 0.29) is 23.8 Å². The lowest BCUT2D eigenvalue weighted by atomic mass is 9.89. The van der Waals surface area contributed by atoms with Crippen molar-refractivity contribution < 1.29 is 9.59 Å². The molecule has 2 atom stereocenters. The lowest BCUT2D eigenvalue weighted by Gasteiger charge is -2.27. The number of carbonyl (C=O) groups is 2. The lowest BCUT2D eigenvalue weighted by Crippen LogP contribution is -2.38. The number of nitrogens with zero attached hydrogens (tertiary/aromatic N) is 2. The van der Waals surface area contributed by atoms with E-state index in [4.69, 9.17) is 0 Å². The molecule has 0 saturated carbocycles. The Morgan fingerprint density at radius 1 is 1.25 bits per heavy atom. The standard InChI is InChI=1S/C23H23N5O3S/c1-32-10-8-18(19-12-21(30)28-22(26-19)14-5-4-9-24-13-14)27-23(31)16-11-20(29)25-17-7-3-2-6-15(16)17/h2-7,9,12-13,16,18H,8,10-11H2,1H3,(H,25,29)(H,27,31)(H,26,28,30)/t16-,18-/m0/s1. The van der Waals surface area contributed by atoms with Crippen molar-refractivity contribution in [3.8, 4) is 11.4 Å². The normalized spacial score (nSPS) is 16.0. The molecule has 1 aliphatic rings. The molecule has 1 aromatic carbocycles. The molecule has 0 bridgehead atoms. The third kappa shape index (κ3) is 4.88. The largest absolute Gasteiger partial charge is 0.347 e. The zero-order valence-corrected chi connectivity index (χ0v) is 18.3. The van der Waals surface area contributed by atoms with Crippen LogP contribution in [0.5, 0.6) is 0 Å². The first-order valence-electron chi connectivity index (χ1n) is 10.2. The molecule has 3 N–H and O–H groups in total. The van der Waals surface area contributed by atoms with E-state index in [1.807, 2.05) is 30.5 Å². The molecule has 4 rings (SSSR count). The van der Waals surface area contributed by atoms with Crippen LogP contribution in [0.2, 0.25) is 0 Å². The monoisotopic (exact) mass is 449 g/mol. The molecular formula is C23H23N5O3S. The van der Waals surface area contributed by atoms with E-state index in [1.54, 1.807) is 36.3 Å². The first kappa shape index (κ1) is 21.8. The quantitative estimate of drug-likeness (QED) is 0.511. The Bertz CT molecular complexity index is 1180. The summed E-state index contributed by atoms with van der Waals surface area (Å²) in [6.07, 6.45) is 5.91. The number of carbonyl (C=O) groups excluding carboxylic acids is 2. The molecule has 0 aliphatic carbocycles. The van der Waals surface area contributed by atoms with Gasteiger partial charge < -0.3 is 15.6 Å². The van der Waals surface area contributed by atoms with Gasteiger partial charge in [-0.05, 0) is 42.2 Å². The summed E-state index contributed by atoms with van der Waals surface area (Å²) in [7, 11) is 0. The maximum atomic E-state index is 13.3. The van der Waals surface area contributed by atoms with Crippen LogP contribution in [-0.2, 0) is 9.59 Å². The molecular weight excluding hydrogens is 426 g/mol. The van der Waals surface area contributed by atoms with E-state index in [2.05, 4.69) is 25.6 Å². The van der Waals surface area contributed by atoms with Crippen molar-refractivity contribution in [2.24, 2.45) is 0 Å². The van der Waals surface area contributed by atoms with E-state index in [0.717, 1.165) is 11.3 Å². The van der Waals surface area contributed by atoms with Gasteiger partial charge in [0.1, 0.15) is 5.82 Å². The Morgan fingerprint density at radius 2 is 2.09 bits per heavy atom. The molecule has 3 aromatic rings. The van der Waals surface area contributed by atoms with E-state index in [9.17, 15) is 14.4 Å². The Labute approximate surface area is 189 Å². The predicted octanol–water partition coefficient (Wildman–Crippen LogP) is 2.87. The van der Waals surface area contributed by atoms with Gasteiger partial charge in [-0.3, -0.25) is 19.4 Å². The second-order valence-electron chi connectivity index (χ2n) is 7.50. The molecule has 0 radical (unpaired) electrons. The van der Waals surface area contributed by atoms with Gasteiger partial charge in [0.15, 0.2) is 0 Å². The fraction of sp³-hybridized carbons (Fsp3) is 0.261. The third-order valence-electron chi connectivity index (χ3n) is 5.30. The molecule has 9 heteroatoms. The molecule has 8 nitrogen and oxygen atoms in total. The minimum absolute atomic E-state index is 0.0713. The van der Waals surface area contributed by atoms with Gasteiger partial charge in [0.2, 0.25) is 11.8 Å². The van der Waals surface area contributed by atoms with E-state index < -0.39 is 12.0 Å². The highest BCUT2D eigenvalue weighted by Gasteiger charge is 2.32. The summed E-state index contributed by atoms with van der Waals surface area (Å²) in [5.74, 6) is 0.104. The zero-order valence-electron chi connectivity index (χ0n) is 17.5. The SMILES string of the molecule is CSCC[C@H](NC(=O)[C@H]1CC(=O)Nc2ccccc21)c1cc(=O)[nH]c(-c2cccnc2)n1. The van der Waals surface area contributed by atoms with Crippen molar-refractivity contribution in [1.29, 1.82) is 0 Å². The Kier molecular flexibility index (Phi) is 6.65.